The van der Waals surface area contributed by atoms with Gasteiger partial charge < -0.3 is 16.0 Å². The molecule has 2 rings (SSSR count). The van der Waals surface area contributed by atoms with Crippen LogP contribution in [-0.4, -0.2) is 36.1 Å². The van der Waals surface area contributed by atoms with Gasteiger partial charge in [-0.2, -0.15) is 0 Å². The molecule has 2 bridgehead atoms. The number of primary amides is 1. The molecule has 0 saturated carbocycles. The standard InChI is InChI=1S/C9H17N3O/c1-12-7-2-3-8(12)5-6(4-7)11-9(10)13/h6-8H,2-5H2,1H3,(H3,10,11,13)/t6-,7+,8-. The average Bonchev–Trinajstić information content (AvgIpc) is 2.33. The molecule has 2 heterocycles. The predicted octanol–water partition coefficient (Wildman–Crippen LogP) is 0.280. The van der Waals surface area contributed by atoms with Gasteiger partial charge in [-0.1, -0.05) is 0 Å². The highest BCUT2D eigenvalue weighted by Crippen LogP contribution is 2.33. The summed E-state index contributed by atoms with van der Waals surface area (Å²) in [6.45, 7) is 0. The van der Waals surface area contributed by atoms with Crippen LogP contribution in [0.3, 0.4) is 0 Å². The van der Waals surface area contributed by atoms with Crippen molar-refractivity contribution < 1.29 is 4.79 Å². The van der Waals surface area contributed by atoms with Crippen LogP contribution in [0.2, 0.25) is 0 Å². The van der Waals surface area contributed by atoms with E-state index in [0.29, 0.717) is 18.1 Å². The van der Waals surface area contributed by atoms with Crippen LogP contribution in [0, 0.1) is 0 Å². The lowest BCUT2D eigenvalue weighted by molar-refractivity contribution is 0.150. The van der Waals surface area contributed by atoms with Gasteiger partial charge in [-0.3, -0.25) is 0 Å². The van der Waals surface area contributed by atoms with Gasteiger partial charge in [0.25, 0.3) is 0 Å². The number of piperidine rings is 1. The van der Waals surface area contributed by atoms with Crippen LogP contribution in [0.25, 0.3) is 0 Å². The Morgan fingerprint density at radius 2 is 1.92 bits per heavy atom. The lowest BCUT2D eigenvalue weighted by Gasteiger charge is -2.36. The number of carbonyl (C=O) groups is 1. The molecule has 0 unspecified atom stereocenters. The Morgan fingerprint density at radius 1 is 1.38 bits per heavy atom. The molecule has 2 aliphatic rings. The number of nitrogens with one attached hydrogen (secondary N) is 1. The molecule has 3 atom stereocenters. The van der Waals surface area contributed by atoms with Gasteiger partial charge in [0.2, 0.25) is 0 Å². The van der Waals surface area contributed by atoms with E-state index < -0.39 is 0 Å². The van der Waals surface area contributed by atoms with Gasteiger partial charge in [0.15, 0.2) is 0 Å². The maximum atomic E-state index is 10.7. The zero-order valence-corrected chi connectivity index (χ0v) is 7.99. The fourth-order valence-electron chi connectivity index (χ4n) is 2.73. The van der Waals surface area contributed by atoms with E-state index in [1.165, 1.54) is 12.8 Å². The Kier molecular flexibility index (Phi) is 2.15. The normalized spacial score (nSPS) is 39.0. The molecule has 0 spiro atoms. The highest BCUT2D eigenvalue weighted by atomic mass is 16.2. The van der Waals surface area contributed by atoms with Crippen LogP contribution >= 0.6 is 0 Å². The number of carbonyl (C=O) groups excluding carboxylic acids is 1. The lowest BCUT2D eigenvalue weighted by Crippen LogP contribution is -2.49. The molecule has 2 fully saturated rings. The minimum absolute atomic E-state index is 0.311. The second-order valence-electron chi connectivity index (χ2n) is 4.23. The van der Waals surface area contributed by atoms with E-state index in [0.717, 1.165) is 12.8 Å². The topological polar surface area (TPSA) is 58.4 Å². The van der Waals surface area contributed by atoms with Gasteiger partial charge in [-0.15, -0.1) is 0 Å². The quantitative estimate of drug-likeness (QED) is 0.613. The fourth-order valence-corrected chi connectivity index (χ4v) is 2.73. The number of nitrogens with two attached hydrogens (primary N) is 1. The van der Waals surface area contributed by atoms with Crippen molar-refractivity contribution in [3.63, 3.8) is 0 Å². The highest BCUT2D eigenvalue weighted by Gasteiger charge is 2.38. The van der Waals surface area contributed by atoms with Gasteiger partial charge in [-0.25, -0.2) is 4.79 Å². The fraction of sp³-hybridized carbons (Fsp3) is 0.889. The van der Waals surface area contributed by atoms with Crippen molar-refractivity contribution in [1.82, 2.24) is 10.2 Å². The third kappa shape index (κ3) is 1.63. The molecule has 4 heteroatoms. The van der Waals surface area contributed by atoms with E-state index in [9.17, 15) is 4.79 Å². The Labute approximate surface area is 78.5 Å². The molecule has 0 aromatic carbocycles. The zero-order valence-electron chi connectivity index (χ0n) is 7.99. The largest absolute Gasteiger partial charge is 0.352 e. The van der Waals surface area contributed by atoms with E-state index in [1.54, 1.807) is 0 Å². The summed E-state index contributed by atoms with van der Waals surface area (Å²) in [5.41, 5.74) is 5.11. The summed E-state index contributed by atoms with van der Waals surface area (Å²) in [5, 5.41) is 2.82. The molecule has 4 nitrogen and oxygen atoms in total. The van der Waals surface area contributed by atoms with Gasteiger partial charge >= 0.3 is 6.03 Å². The predicted molar refractivity (Wildman–Crippen MR) is 50.3 cm³/mol. The minimum atomic E-state index is -0.381. The summed E-state index contributed by atoms with van der Waals surface area (Å²) in [5.74, 6) is 0. The Bertz CT molecular complexity index is 205. The molecule has 13 heavy (non-hydrogen) atoms. The Balaban J connectivity index is 1.95. The SMILES string of the molecule is CN1[C@@H]2CC[C@H]1C[C@@H](NC(N)=O)C2. The van der Waals surface area contributed by atoms with Crippen LogP contribution in [0.1, 0.15) is 25.7 Å². The third-order valence-electron chi connectivity index (χ3n) is 3.44. The van der Waals surface area contributed by atoms with Crippen LogP contribution < -0.4 is 11.1 Å². The number of amides is 2. The lowest BCUT2D eigenvalue weighted by atomic mass is 9.98. The van der Waals surface area contributed by atoms with E-state index in [2.05, 4.69) is 17.3 Å². The molecule has 2 aliphatic heterocycles. The summed E-state index contributed by atoms with van der Waals surface area (Å²) in [4.78, 5) is 13.1. The molecule has 3 N–H and O–H groups in total. The first-order valence-corrected chi connectivity index (χ1v) is 4.94. The average molecular weight is 183 g/mol. The summed E-state index contributed by atoms with van der Waals surface area (Å²) < 4.78 is 0. The maximum absolute atomic E-state index is 10.7. The molecular weight excluding hydrogens is 166 g/mol. The summed E-state index contributed by atoms with van der Waals surface area (Å²) in [6.07, 6.45) is 4.68. The molecule has 0 aromatic heterocycles. The third-order valence-corrected chi connectivity index (χ3v) is 3.44. The van der Waals surface area contributed by atoms with E-state index >= 15 is 0 Å². The molecule has 0 aliphatic carbocycles. The first-order chi connectivity index (χ1) is 6.16. The van der Waals surface area contributed by atoms with Crippen molar-refractivity contribution in [2.75, 3.05) is 7.05 Å². The Hall–Kier alpha value is -0.770. The number of nitrogens with zero attached hydrogens (tertiary/aromatic N) is 1. The van der Waals surface area contributed by atoms with Crippen LogP contribution in [-0.2, 0) is 0 Å². The van der Waals surface area contributed by atoms with Crippen molar-refractivity contribution in [2.45, 2.75) is 43.8 Å². The minimum Gasteiger partial charge on any atom is -0.352 e. The van der Waals surface area contributed by atoms with E-state index in [1.807, 2.05) is 0 Å². The summed E-state index contributed by atoms with van der Waals surface area (Å²) >= 11 is 0. The Morgan fingerprint density at radius 3 is 2.38 bits per heavy atom. The number of urea groups is 1. The number of rotatable bonds is 1. The van der Waals surface area contributed by atoms with Gasteiger partial charge in [0.1, 0.15) is 0 Å². The number of hydrogen-bond acceptors (Lipinski definition) is 2. The molecule has 0 radical (unpaired) electrons. The van der Waals surface area contributed by atoms with Crippen LogP contribution in [0.4, 0.5) is 4.79 Å². The second-order valence-corrected chi connectivity index (χ2v) is 4.23. The first-order valence-electron chi connectivity index (χ1n) is 4.94. The van der Waals surface area contributed by atoms with Crippen molar-refractivity contribution in [1.29, 1.82) is 0 Å². The van der Waals surface area contributed by atoms with Gasteiger partial charge in [0.05, 0.1) is 0 Å². The zero-order chi connectivity index (χ0) is 9.42. The van der Waals surface area contributed by atoms with Crippen molar-refractivity contribution in [3.05, 3.63) is 0 Å². The van der Waals surface area contributed by atoms with E-state index in [-0.39, 0.29) is 6.03 Å². The van der Waals surface area contributed by atoms with Crippen LogP contribution in [0.5, 0.6) is 0 Å². The molecule has 74 valence electrons. The van der Waals surface area contributed by atoms with Gasteiger partial charge in [0, 0.05) is 18.1 Å². The summed E-state index contributed by atoms with van der Waals surface area (Å²) in [6, 6.07) is 1.26. The smallest absolute Gasteiger partial charge is 0.312 e. The van der Waals surface area contributed by atoms with Crippen molar-refractivity contribution >= 4 is 6.03 Å². The first kappa shape index (κ1) is 8.81. The number of fused-ring (bicyclic) bond motifs is 2. The maximum Gasteiger partial charge on any atom is 0.312 e. The van der Waals surface area contributed by atoms with E-state index in [4.69, 9.17) is 5.73 Å². The highest BCUT2D eigenvalue weighted by molar-refractivity contribution is 5.72. The van der Waals surface area contributed by atoms with Crippen molar-refractivity contribution in [3.8, 4) is 0 Å². The second kappa shape index (κ2) is 3.18. The molecule has 0 aromatic rings. The number of hydrogen-bond donors (Lipinski definition) is 2. The molecular formula is C9H17N3O. The van der Waals surface area contributed by atoms with Crippen molar-refractivity contribution in [2.24, 2.45) is 5.73 Å². The molecule has 2 amide bonds. The molecule has 2 saturated heterocycles. The van der Waals surface area contributed by atoms with Gasteiger partial charge in [-0.05, 0) is 32.7 Å². The van der Waals surface area contributed by atoms with Crippen LogP contribution in [0.15, 0.2) is 0 Å². The summed E-state index contributed by atoms with van der Waals surface area (Å²) in [7, 11) is 2.18. The monoisotopic (exact) mass is 183 g/mol.